The van der Waals surface area contributed by atoms with E-state index < -0.39 is 5.60 Å². The smallest absolute Gasteiger partial charge is 0.0877 e. The third kappa shape index (κ3) is 1.88. The Labute approximate surface area is 88.2 Å². The van der Waals surface area contributed by atoms with Gasteiger partial charge in [0.2, 0.25) is 0 Å². The molecule has 0 saturated carbocycles. The summed E-state index contributed by atoms with van der Waals surface area (Å²) in [6.07, 6.45) is 4.24. The van der Waals surface area contributed by atoms with Gasteiger partial charge in [0.05, 0.1) is 5.60 Å². The second-order valence-electron chi connectivity index (χ2n) is 5.17. The molecule has 0 amide bonds. The molecule has 0 radical (unpaired) electrons. The summed E-state index contributed by atoms with van der Waals surface area (Å²) in [4.78, 5) is 0. The van der Waals surface area contributed by atoms with Gasteiger partial charge in [-0.15, -0.1) is 0 Å². The summed E-state index contributed by atoms with van der Waals surface area (Å²) < 4.78 is 0. The number of hydrogen-bond acceptors (Lipinski definition) is 1. The van der Waals surface area contributed by atoms with Gasteiger partial charge in [0, 0.05) is 0 Å². The Morgan fingerprint density at radius 3 is 2.50 bits per heavy atom. The summed E-state index contributed by atoms with van der Waals surface area (Å²) in [6.45, 7) is 10.8. The van der Waals surface area contributed by atoms with Crippen LogP contribution in [0.4, 0.5) is 0 Å². The van der Waals surface area contributed by atoms with E-state index >= 15 is 0 Å². The monoisotopic (exact) mass is 196 g/mol. The molecule has 1 N–H and O–H groups in total. The zero-order valence-electron chi connectivity index (χ0n) is 10.2. The second-order valence-corrected chi connectivity index (χ2v) is 5.17. The molecule has 1 nitrogen and oxygen atoms in total. The molecule has 0 bridgehead atoms. The van der Waals surface area contributed by atoms with E-state index in [0.29, 0.717) is 17.8 Å². The fraction of sp³-hybridized carbons (Fsp3) is 0.846. The molecular weight excluding hydrogens is 172 g/mol. The van der Waals surface area contributed by atoms with E-state index in [4.69, 9.17) is 0 Å². The predicted octanol–water partition coefficient (Wildman–Crippen LogP) is 3.39. The summed E-state index contributed by atoms with van der Waals surface area (Å²) in [5.41, 5.74) is 0.642. The Morgan fingerprint density at radius 1 is 1.57 bits per heavy atom. The molecule has 0 aliphatic heterocycles. The van der Waals surface area contributed by atoms with Gasteiger partial charge in [-0.25, -0.2) is 0 Å². The Morgan fingerprint density at radius 2 is 2.14 bits per heavy atom. The molecule has 1 heteroatoms. The normalized spacial score (nSPS) is 38.6. The first-order chi connectivity index (χ1) is 6.41. The topological polar surface area (TPSA) is 20.2 Å². The van der Waals surface area contributed by atoms with Crippen LogP contribution in [0.15, 0.2) is 11.6 Å². The lowest BCUT2D eigenvalue weighted by molar-refractivity contribution is 0.000610. The summed E-state index contributed by atoms with van der Waals surface area (Å²) >= 11 is 0. The van der Waals surface area contributed by atoms with Gasteiger partial charge >= 0.3 is 0 Å². The van der Waals surface area contributed by atoms with Gasteiger partial charge in [-0.2, -0.15) is 0 Å². The van der Waals surface area contributed by atoms with Crippen molar-refractivity contribution < 1.29 is 5.11 Å². The predicted molar refractivity (Wildman–Crippen MR) is 61.1 cm³/mol. The molecule has 3 atom stereocenters. The Bertz CT molecular complexity index is 229. The van der Waals surface area contributed by atoms with Crippen molar-refractivity contribution in [2.24, 2.45) is 17.8 Å². The molecule has 0 heterocycles. The molecule has 0 spiro atoms. The van der Waals surface area contributed by atoms with Crippen molar-refractivity contribution in [3.05, 3.63) is 11.6 Å². The molecule has 3 unspecified atom stereocenters. The molecular formula is C13H24O. The van der Waals surface area contributed by atoms with E-state index in [1.807, 2.05) is 0 Å². The van der Waals surface area contributed by atoms with Crippen molar-refractivity contribution in [1.82, 2.24) is 0 Å². The first-order valence-electron chi connectivity index (χ1n) is 5.83. The third-order valence-electron chi connectivity index (χ3n) is 3.98. The maximum Gasteiger partial charge on any atom is 0.0877 e. The molecule has 0 saturated heterocycles. The van der Waals surface area contributed by atoms with Crippen molar-refractivity contribution in [3.8, 4) is 0 Å². The summed E-state index contributed by atoms with van der Waals surface area (Å²) in [5.74, 6) is 1.73. The summed E-state index contributed by atoms with van der Waals surface area (Å²) in [7, 11) is 0. The van der Waals surface area contributed by atoms with Gasteiger partial charge in [-0.1, -0.05) is 33.8 Å². The summed E-state index contributed by atoms with van der Waals surface area (Å²) in [5, 5.41) is 10.4. The summed E-state index contributed by atoms with van der Waals surface area (Å²) in [6, 6.07) is 0. The highest BCUT2D eigenvalue weighted by Crippen LogP contribution is 2.40. The molecule has 0 fully saturated rings. The Kier molecular flexibility index (Phi) is 3.41. The van der Waals surface area contributed by atoms with Crippen molar-refractivity contribution in [3.63, 3.8) is 0 Å². The first-order valence-corrected chi connectivity index (χ1v) is 5.83. The average molecular weight is 196 g/mol. The van der Waals surface area contributed by atoms with Crippen LogP contribution in [0.1, 0.15) is 47.5 Å². The Balaban J connectivity index is 2.93. The van der Waals surface area contributed by atoms with Gasteiger partial charge in [-0.05, 0) is 43.1 Å². The lowest BCUT2D eigenvalue weighted by Gasteiger charge is -2.41. The fourth-order valence-electron chi connectivity index (χ4n) is 2.62. The number of rotatable bonds is 2. The van der Waals surface area contributed by atoms with Crippen LogP contribution in [-0.2, 0) is 0 Å². The van der Waals surface area contributed by atoms with Gasteiger partial charge in [0.15, 0.2) is 0 Å². The molecule has 1 aliphatic rings. The van der Waals surface area contributed by atoms with Crippen molar-refractivity contribution in [2.75, 3.05) is 0 Å². The minimum absolute atomic E-state index is 0.393. The van der Waals surface area contributed by atoms with Gasteiger partial charge in [-0.3, -0.25) is 0 Å². The standard InChI is InChI=1S/C13H24O/c1-6-13(14)10(4)7-12(9(2)3)8-11(13)5/h7,9,11-12,14H,6,8H2,1-5H3. The second kappa shape index (κ2) is 4.06. The van der Waals surface area contributed by atoms with E-state index in [9.17, 15) is 5.11 Å². The van der Waals surface area contributed by atoms with Crippen LogP contribution in [0.25, 0.3) is 0 Å². The fourth-order valence-corrected chi connectivity index (χ4v) is 2.62. The molecule has 1 rings (SSSR count). The van der Waals surface area contributed by atoms with E-state index in [1.54, 1.807) is 0 Å². The highest BCUT2D eigenvalue weighted by atomic mass is 16.3. The lowest BCUT2D eigenvalue weighted by Crippen LogP contribution is -2.41. The largest absolute Gasteiger partial charge is 0.385 e. The van der Waals surface area contributed by atoms with Crippen LogP contribution in [0.3, 0.4) is 0 Å². The number of aliphatic hydroxyl groups is 1. The highest BCUT2D eigenvalue weighted by molar-refractivity contribution is 5.20. The molecule has 14 heavy (non-hydrogen) atoms. The van der Waals surface area contributed by atoms with Crippen molar-refractivity contribution >= 4 is 0 Å². The number of allylic oxidation sites excluding steroid dienone is 1. The molecule has 82 valence electrons. The Hall–Kier alpha value is -0.300. The van der Waals surface area contributed by atoms with Gasteiger partial charge in [0.1, 0.15) is 0 Å². The van der Waals surface area contributed by atoms with Crippen LogP contribution < -0.4 is 0 Å². The van der Waals surface area contributed by atoms with E-state index in [1.165, 1.54) is 5.57 Å². The average Bonchev–Trinajstić information content (AvgIpc) is 2.13. The van der Waals surface area contributed by atoms with Crippen LogP contribution in [0, 0.1) is 17.8 Å². The zero-order valence-corrected chi connectivity index (χ0v) is 10.2. The van der Waals surface area contributed by atoms with Crippen LogP contribution in [-0.4, -0.2) is 10.7 Å². The van der Waals surface area contributed by atoms with Crippen LogP contribution in [0.5, 0.6) is 0 Å². The van der Waals surface area contributed by atoms with Crippen molar-refractivity contribution in [1.29, 1.82) is 0 Å². The van der Waals surface area contributed by atoms with E-state index in [0.717, 1.165) is 12.8 Å². The van der Waals surface area contributed by atoms with Gasteiger partial charge in [0.25, 0.3) is 0 Å². The minimum atomic E-state index is -0.536. The van der Waals surface area contributed by atoms with Crippen LogP contribution in [0.2, 0.25) is 0 Å². The van der Waals surface area contributed by atoms with Crippen LogP contribution >= 0.6 is 0 Å². The van der Waals surface area contributed by atoms with E-state index in [2.05, 4.69) is 40.7 Å². The SMILES string of the molecule is CCC1(O)C(C)=CC(C(C)C)CC1C. The first kappa shape index (κ1) is 11.8. The van der Waals surface area contributed by atoms with Crippen molar-refractivity contribution in [2.45, 2.75) is 53.1 Å². The highest BCUT2D eigenvalue weighted by Gasteiger charge is 2.38. The lowest BCUT2D eigenvalue weighted by atomic mass is 9.68. The van der Waals surface area contributed by atoms with E-state index in [-0.39, 0.29) is 0 Å². The maximum absolute atomic E-state index is 10.4. The molecule has 0 aromatic rings. The number of hydrogen-bond donors (Lipinski definition) is 1. The third-order valence-corrected chi connectivity index (χ3v) is 3.98. The maximum atomic E-state index is 10.4. The zero-order chi connectivity index (χ0) is 10.9. The quantitative estimate of drug-likeness (QED) is 0.671. The molecule has 0 aromatic carbocycles. The molecule has 0 aromatic heterocycles. The van der Waals surface area contributed by atoms with Gasteiger partial charge < -0.3 is 5.11 Å². The minimum Gasteiger partial charge on any atom is -0.385 e. The molecule has 1 aliphatic carbocycles.